The van der Waals surface area contributed by atoms with Crippen LogP contribution in [0, 0.1) is 0 Å². The van der Waals surface area contributed by atoms with Gasteiger partial charge in [-0.15, -0.1) is 0 Å². The molecule has 3 aromatic carbocycles. The molecule has 6 nitrogen and oxygen atoms in total. The molecule has 0 unspecified atom stereocenters. The topological polar surface area (TPSA) is 66.9 Å². The number of thioether (sulfide) groups is 1. The van der Waals surface area contributed by atoms with Crippen LogP contribution in [0.15, 0.2) is 59.5 Å². The highest BCUT2D eigenvalue weighted by molar-refractivity contribution is 8.18. The SMILES string of the molecule is O=C(CN1C(=O)S/C(=C\c2cc(Cl)c(OCc3cccc4ccccc34)c(Cl)c2)C1=O)N1CCCCC1. The summed E-state index contributed by atoms with van der Waals surface area (Å²) in [5.74, 6) is -0.362. The molecule has 0 aliphatic carbocycles. The Labute approximate surface area is 229 Å². The Hall–Kier alpha value is -3.00. The molecular weight excluding hydrogens is 531 g/mol. The number of hydrogen-bond acceptors (Lipinski definition) is 5. The van der Waals surface area contributed by atoms with Crippen LogP contribution in [0.25, 0.3) is 16.8 Å². The Kier molecular flexibility index (Phi) is 7.74. The first-order valence-electron chi connectivity index (χ1n) is 12.0. The summed E-state index contributed by atoms with van der Waals surface area (Å²) < 4.78 is 5.98. The number of carbonyl (C=O) groups is 3. The largest absolute Gasteiger partial charge is 0.486 e. The first-order valence-corrected chi connectivity index (χ1v) is 13.6. The number of rotatable bonds is 6. The van der Waals surface area contributed by atoms with Gasteiger partial charge in [-0.05, 0) is 71.1 Å². The van der Waals surface area contributed by atoms with E-state index in [2.05, 4.69) is 0 Å². The van der Waals surface area contributed by atoms with E-state index >= 15 is 0 Å². The summed E-state index contributed by atoms with van der Waals surface area (Å²) in [6, 6.07) is 17.3. The van der Waals surface area contributed by atoms with Crippen LogP contribution in [0.1, 0.15) is 30.4 Å². The minimum absolute atomic E-state index is 0.206. The van der Waals surface area contributed by atoms with Gasteiger partial charge in [0.05, 0.1) is 15.0 Å². The van der Waals surface area contributed by atoms with Crippen LogP contribution in [0.3, 0.4) is 0 Å². The van der Waals surface area contributed by atoms with E-state index in [1.807, 2.05) is 42.5 Å². The van der Waals surface area contributed by atoms with Crippen molar-refractivity contribution in [2.24, 2.45) is 0 Å². The minimum Gasteiger partial charge on any atom is -0.486 e. The lowest BCUT2D eigenvalue weighted by molar-refractivity contribution is -0.136. The lowest BCUT2D eigenvalue weighted by Crippen LogP contribution is -2.44. The number of carbonyl (C=O) groups excluding carboxylic acids is 3. The van der Waals surface area contributed by atoms with Crippen LogP contribution < -0.4 is 4.74 Å². The van der Waals surface area contributed by atoms with E-state index in [0.29, 0.717) is 34.4 Å². The molecule has 190 valence electrons. The minimum atomic E-state index is -0.496. The van der Waals surface area contributed by atoms with Gasteiger partial charge in [0.2, 0.25) is 5.91 Å². The third kappa shape index (κ3) is 5.64. The van der Waals surface area contributed by atoms with Crippen LogP contribution in [0.2, 0.25) is 10.0 Å². The molecule has 2 fully saturated rings. The molecule has 0 saturated carbocycles. The Balaban J connectivity index is 1.29. The molecule has 0 spiro atoms. The van der Waals surface area contributed by atoms with Gasteiger partial charge < -0.3 is 9.64 Å². The van der Waals surface area contributed by atoms with Gasteiger partial charge in [-0.3, -0.25) is 19.3 Å². The maximum Gasteiger partial charge on any atom is 0.294 e. The average molecular weight is 555 g/mol. The van der Waals surface area contributed by atoms with E-state index in [1.165, 1.54) is 0 Å². The van der Waals surface area contributed by atoms with E-state index in [0.717, 1.165) is 52.3 Å². The number of piperidine rings is 1. The first kappa shape index (κ1) is 25.6. The van der Waals surface area contributed by atoms with Crippen molar-refractivity contribution in [3.05, 3.63) is 80.7 Å². The van der Waals surface area contributed by atoms with Gasteiger partial charge in [0.1, 0.15) is 13.2 Å². The zero-order valence-corrected chi connectivity index (χ0v) is 22.2. The second-order valence-electron chi connectivity index (χ2n) is 8.95. The van der Waals surface area contributed by atoms with Gasteiger partial charge in [0.15, 0.2) is 5.75 Å². The van der Waals surface area contributed by atoms with Crippen molar-refractivity contribution < 1.29 is 19.1 Å². The number of ether oxygens (including phenoxy) is 1. The molecule has 37 heavy (non-hydrogen) atoms. The number of amides is 3. The number of nitrogens with zero attached hydrogens (tertiary/aromatic N) is 2. The highest BCUT2D eigenvalue weighted by Gasteiger charge is 2.37. The quantitative estimate of drug-likeness (QED) is 0.314. The van der Waals surface area contributed by atoms with E-state index < -0.39 is 11.1 Å². The van der Waals surface area contributed by atoms with Gasteiger partial charge in [-0.1, -0.05) is 65.7 Å². The number of likely N-dealkylation sites (tertiary alicyclic amines) is 1. The van der Waals surface area contributed by atoms with Crippen molar-refractivity contribution in [1.82, 2.24) is 9.80 Å². The lowest BCUT2D eigenvalue weighted by atomic mass is 10.1. The normalized spacial score (nSPS) is 17.2. The highest BCUT2D eigenvalue weighted by Crippen LogP contribution is 2.38. The van der Waals surface area contributed by atoms with E-state index in [4.69, 9.17) is 27.9 Å². The Bertz CT molecular complexity index is 1390. The zero-order valence-electron chi connectivity index (χ0n) is 19.9. The summed E-state index contributed by atoms with van der Waals surface area (Å²) in [4.78, 5) is 40.9. The highest BCUT2D eigenvalue weighted by atomic mass is 35.5. The molecule has 0 aromatic heterocycles. The zero-order chi connectivity index (χ0) is 25.9. The molecule has 3 amide bonds. The summed E-state index contributed by atoms with van der Waals surface area (Å²) >= 11 is 13.8. The fourth-order valence-electron chi connectivity index (χ4n) is 4.54. The number of benzene rings is 3. The van der Waals surface area contributed by atoms with E-state index in [1.54, 1.807) is 23.1 Å². The second-order valence-corrected chi connectivity index (χ2v) is 10.8. The molecule has 0 bridgehead atoms. The van der Waals surface area contributed by atoms with Crippen LogP contribution in [-0.2, 0) is 16.2 Å². The predicted molar refractivity (Wildman–Crippen MR) is 148 cm³/mol. The molecule has 0 radical (unpaired) electrons. The fourth-order valence-corrected chi connectivity index (χ4v) is 5.99. The second kappa shape index (κ2) is 11.2. The molecule has 2 heterocycles. The smallest absolute Gasteiger partial charge is 0.294 e. The summed E-state index contributed by atoms with van der Waals surface area (Å²) in [5, 5.41) is 2.32. The number of halogens is 2. The Morgan fingerprint density at radius 1 is 0.973 bits per heavy atom. The van der Waals surface area contributed by atoms with Crippen molar-refractivity contribution in [3.63, 3.8) is 0 Å². The lowest BCUT2D eigenvalue weighted by Gasteiger charge is -2.27. The van der Waals surface area contributed by atoms with Gasteiger partial charge in [0, 0.05) is 13.1 Å². The predicted octanol–water partition coefficient (Wildman–Crippen LogP) is 6.77. The van der Waals surface area contributed by atoms with E-state index in [9.17, 15) is 14.4 Å². The monoisotopic (exact) mass is 554 g/mol. The standard InChI is InChI=1S/C28H24Cl2N2O4S/c29-22-13-18(14-23(30)26(22)36-17-20-9-6-8-19-7-2-3-10-21(19)20)15-24-27(34)32(28(35)37-24)16-25(33)31-11-4-1-5-12-31/h2-3,6-10,13-15H,1,4-5,11-12,16-17H2/b24-15-. The van der Waals surface area contributed by atoms with Crippen LogP contribution in [0.4, 0.5) is 4.79 Å². The van der Waals surface area contributed by atoms with Crippen LogP contribution in [0.5, 0.6) is 5.75 Å². The Morgan fingerprint density at radius 3 is 2.43 bits per heavy atom. The van der Waals surface area contributed by atoms with Crippen molar-refractivity contribution in [1.29, 1.82) is 0 Å². The van der Waals surface area contributed by atoms with Gasteiger partial charge in [0.25, 0.3) is 11.1 Å². The first-order chi connectivity index (χ1) is 17.9. The molecule has 0 atom stereocenters. The third-order valence-electron chi connectivity index (χ3n) is 6.45. The molecular formula is C28H24Cl2N2O4S. The summed E-state index contributed by atoms with van der Waals surface area (Å²) in [5.41, 5.74) is 1.56. The van der Waals surface area contributed by atoms with Crippen molar-refractivity contribution >= 4 is 68.9 Å². The Morgan fingerprint density at radius 2 is 1.68 bits per heavy atom. The summed E-state index contributed by atoms with van der Waals surface area (Å²) in [6.45, 7) is 1.36. The number of fused-ring (bicyclic) bond motifs is 1. The van der Waals surface area contributed by atoms with Crippen molar-refractivity contribution in [2.75, 3.05) is 19.6 Å². The van der Waals surface area contributed by atoms with Gasteiger partial charge >= 0.3 is 0 Å². The fraction of sp³-hybridized carbons (Fsp3) is 0.250. The molecule has 2 aliphatic rings. The third-order valence-corrected chi connectivity index (χ3v) is 7.91. The molecule has 9 heteroatoms. The maximum atomic E-state index is 12.9. The van der Waals surface area contributed by atoms with Crippen LogP contribution in [-0.4, -0.2) is 46.5 Å². The molecule has 3 aromatic rings. The van der Waals surface area contributed by atoms with Gasteiger partial charge in [-0.25, -0.2) is 0 Å². The van der Waals surface area contributed by atoms with Crippen molar-refractivity contribution in [2.45, 2.75) is 25.9 Å². The molecule has 2 aliphatic heterocycles. The van der Waals surface area contributed by atoms with Crippen molar-refractivity contribution in [3.8, 4) is 5.75 Å². The number of imide groups is 1. The van der Waals surface area contributed by atoms with Gasteiger partial charge in [-0.2, -0.15) is 0 Å². The average Bonchev–Trinajstić information content (AvgIpc) is 3.16. The maximum absolute atomic E-state index is 12.9. The molecule has 2 saturated heterocycles. The number of hydrogen-bond donors (Lipinski definition) is 0. The van der Waals surface area contributed by atoms with Crippen LogP contribution >= 0.6 is 35.0 Å². The summed E-state index contributed by atoms with van der Waals surface area (Å²) in [7, 11) is 0. The molecule has 0 N–H and O–H groups in total. The van der Waals surface area contributed by atoms with E-state index in [-0.39, 0.29) is 24.0 Å². The molecule has 5 rings (SSSR count). The summed E-state index contributed by atoms with van der Waals surface area (Å²) in [6.07, 6.45) is 4.53.